The Labute approximate surface area is 151 Å². The van der Waals surface area contributed by atoms with Crippen LogP contribution in [0.4, 0.5) is 0 Å². The average molecular weight is 341 g/mol. The Kier molecular flexibility index (Phi) is 5.09. The molecule has 0 radical (unpaired) electrons. The Hall–Kier alpha value is -1.39. The summed E-state index contributed by atoms with van der Waals surface area (Å²) in [5, 5.41) is 0. The van der Waals surface area contributed by atoms with E-state index in [2.05, 4.69) is 28.9 Å². The number of hydrogen-bond acceptors (Lipinski definition) is 3. The minimum atomic E-state index is 0.202. The monoisotopic (exact) mass is 341 g/mol. The highest BCUT2D eigenvalue weighted by Crippen LogP contribution is 2.25. The summed E-state index contributed by atoms with van der Waals surface area (Å²) in [5.74, 6) is 0.202. The smallest absolute Gasteiger partial charge is 0.253 e. The Balaban J connectivity index is 1.29. The summed E-state index contributed by atoms with van der Waals surface area (Å²) in [6, 6.07) is 9.56. The van der Waals surface area contributed by atoms with Crippen LogP contribution in [0.5, 0.6) is 0 Å². The van der Waals surface area contributed by atoms with Gasteiger partial charge in [-0.2, -0.15) is 0 Å². The molecule has 4 nitrogen and oxygen atoms in total. The normalized spacial score (nSPS) is 26.0. The number of hydrogen-bond donors (Lipinski definition) is 0. The maximum atomic E-state index is 12.7. The van der Waals surface area contributed by atoms with Gasteiger partial charge in [0.2, 0.25) is 0 Å². The van der Waals surface area contributed by atoms with E-state index in [1.165, 1.54) is 57.3 Å². The first-order valence-electron chi connectivity index (χ1n) is 10.1. The van der Waals surface area contributed by atoms with Crippen molar-refractivity contribution in [1.82, 2.24) is 14.7 Å². The molecule has 1 atom stereocenters. The molecule has 1 aromatic carbocycles. The van der Waals surface area contributed by atoms with Crippen molar-refractivity contribution in [2.75, 3.05) is 32.7 Å². The van der Waals surface area contributed by atoms with Crippen LogP contribution in [-0.2, 0) is 6.54 Å². The fourth-order valence-corrected chi connectivity index (χ4v) is 4.63. The van der Waals surface area contributed by atoms with Gasteiger partial charge in [-0.25, -0.2) is 0 Å². The zero-order valence-corrected chi connectivity index (χ0v) is 15.5. The fraction of sp³-hybridized carbons (Fsp3) is 0.667. The van der Waals surface area contributed by atoms with Crippen molar-refractivity contribution in [3.63, 3.8) is 0 Å². The molecular formula is C21H31N3O. The predicted molar refractivity (Wildman–Crippen MR) is 101 cm³/mol. The molecule has 3 aliphatic heterocycles. The topological polar surface area (TPSA) is 26.8 Å². The average Bonchev–Trinajstić information content (AvgIpc) is 3.09. The maximum absolute atomic E-state index is 12.7. The fourth-order valence-electron chi connectivity index (χ4n) is 4.63. The van der Waals surface area contributed by atoms with Crippen molar-refractivity contribution in [3.05, 3.63) is 35.4 Å². The molecule has 0 aliphatic carbocycles. The molecule has 25 heavy (non-hydrogen) atoms. The summed E-state index contributed by atoms with van der Waals surface area (Å²) in [7, 11) is 0. The van der Waals surface area contributed by atoms with Crippen LogP contribution in [0.2, 0.25) is 0 Å². The first-order valence-corrected chi connectivity index (χ1v) is 10.1. The molecule has 0 aromatic heterocycles. The Morgan fingerprint density at radius 1 is 1.00 bits per heavy atom. The van der Waals surface area contributed by atoms with Crippen molar-refractivity contribution in [1.29, 1.82) is 0 Å². The molecule has 3 heterocycles. The van der Waals surface area contributed by atoms with E-state index in [0.717, 1.165) is 25.2 Å². The Morgan fingerprint density at radius 3 is 2.36 bits per heavy atom. The van der Waals surface area contributed by atoms with Crippen LogP contribution in [0.15, 0.2) is 24.3 Å². The van der Waals surface area contributed by atoms with Gasteiger partial charge in [0.05, 0.1) is 0 Å². The molecule has 3 saturated heterocycles. The van der Waals surface area contributed by atoms with E-state index < -0.39 is 0 Å². The van der Waals surface area contributed by atoms with Gasteiger partial charge in [0.15, 0.2) is 0 Å². The lowest BCUT2D eigenvalue weighted by atomic mass is 9.97. The van der Waals surface area contributed by atoms with E-state index in [0.29, 0.717) is 12.1 Å². The summed E-state index contributed by atoms with van der Waals surface area (Å²) in [5.41, 5.74) is 2.16. The van der Waals surface area contributed by atoms with Crippen LogP contribution >= 0.6 is 0 Å². The van der Waals surface area contributed by atoms with E-state index >= 15 is 0 Å². The second kappa shape index (κ2) is 7.46. The summed E-state index contributed by atoms with van der Waals surface area (Å²) in [6.45, 7) is 8.79. The number of likely N-dealkylation sites (tertiary alicyclic amines) is 3. The van der Waals surface area contributed by atoms with Gasteiger partial charge in [-0.3, -0.25) is 14.6 Å². The standard InChI is InChI=1S/C21H31N3O/c1-17-6-2-3-13-24(17)20-15-23(16-20)21(25)19-9-7-18(8-10-19)14-22-11-4-5-12-22/h7-10,17,20H,2-6,11-16H2,1H3/t17-/m0/s1. The quantitative estimate of drug-likeness (QED) is 0.842. The second-order valence-electron chi connectivity index (χ2n) is 8.13. The van der Waals surface area contributed by atoms with Gasteiger partial charge in [-0.15, -0.1) is 0 Å². The summed E-state index contributed by atoms with van der Waals surface area (Å²) < 4.78 is 0. The van der Waals surface area contributed by atoms with Crippen LogP contribution in [0.3, 0.4) is 0 Å². The van der Waals surface area contributed by atoms with Gasteiger partial charge >= 0.3 is 0 Å². The van der Waals surface area contributed by atoms with E-state index in [-0.39, 0.29) is 5.91 Å². The highest BCUT2D eigenvalue weighted by molar-refractivity contribution is 5.94. The SMILES string of the molecule is C[C@H]1CCCCN1C1CN(C(=O)c2ccc(CN3CCCC3)cc2)C1. The largest absolute Gasteiger partial charge is 0.335 e. The number of carbonyl (C=O) groups excluding carboxylic acids is 1. The molecule has 3 fully saturated rings. The van der Waals surface area contributed by atoms with Crippen molar-refractivity contribution in [3.8, 4) is 0 Å². The Morgan fingerprint density at radius 2 is 1.68 bits per heavy atom. The van der Waals surface area contributed by atoms with Crippen LogP contribution in [-0.4, -0.2) is 65.4 Å². The van der Waals surface area contributed by atoms with Crippen LogP contribution in [0.25, 0.3) is 0 Å². The number of benzene rings is 1. The molecule has 0 bridgehead atoms. The van der Waals surface area contributed by atoms with Crippen molar-refractivity contribution < 1.29 is 4.79 Å². The number of carbonyl (C=O) groups is 1. The lowest BCUT2D eigenvalue weighted by Crippen LogP contribution is -2.63. The lowest BCUT2D eigenvalue weighted by Gasteiger charge is -2.49. The number of amides is 1. The first-order chi connectivity index (χ1) is 12.2. The molecule has 1 amide bonds. The van der Waals surface area contributed by atoms with Crippen LogP contribution in [0, 0.1) is 0 Å². The summed E-state index contributed by atoms with van der Waals surface area (Å²) in [6.07, 6.45) is 6.62. The molecule has 0 saturated carbocycles. The van der Waals surface area contributed by atoms with Crippen LogP contribution in [0.1, 0.15) is 54.9 Å². The van der Waals surface area contributed by atoms with Crippen molar-refractivity contribution in [2.45, 2.75) is 57.7 Å². The van der Waals surface area contributed by atoms with Gasteiger partial charge in [0.1, 0.15) is 0 Å². The predicted octanol–water partition coefficient (Wildman–Crippen LogP) is 2.98. The molecule has 136 valence electrons. The zero-order chi connectivity index (χ0) is 17.2. The minimum absolute atomic E-state index is 0.202. The van der Waals surface area contributed by atoms with Gasteiger partial charge in [-0.1, -0.05) is 18.6 Å². The number of piperidine rings is 1. The lowest BCUT2D eigenvalue weighted by molar-refractivity contribution is 0.00213. The van der Waals surface area contributed by atoms with Crippen molar-refractivity contribution in [2.24, 2.45) is 0 Å². The molecule has 0 N–H and O–H groups in total. The highest BCUT2D eigenvalue weighted by atomic mass is 16.2. The van der Waals surface area contributed by atoms with E-state index in [4.69, 9.17) is 0 Å². The van der Waals surface area contributed by atoms with Gasteiger partial charge in [0.25, 0.3) is 5.91 Å². The molecule has 0 unspecified atom stereocenters. The molecule has 4 heteroatoms. The van der Waals surface area contributed by atoms with Gasteiger partial charge in [-0.05, 0) is 69.9 Å². The third kappa shape index (κ3) is 3.75. The number of rotatable bonds is 4. The third-order valence-corrected chi connectivity index (χ3v) is 6.28. The van der Waals surface area contributed by atoms with Gasteiger partial charge < -0.3 is 4.90 Å². The van der Waals surface area contributed by atoms with E-state index in [1.807, 2.05) is 17.0 Å². The maximum Gasteiger partial charge on any atom is 0.253 e. The zero-order valence-electron chi connectivity index (χ0n) is 15.5. The van der Waals surface area contributed by atoms with E-state index in [9.17, 15) is 4.79 Å². The highest BCUT2D eigenvalue weighted by Gasteiger charge is 2.37. The Bertz CT molecular complexity index is 588. The number of nitrogens with zero attached hydrogens (tertiary/aromatic N) is 3. The van der Waals surface area contributed by atoms with Crippen molar-refractivity contribution >= 4 is 5.91 Å². The molecule has 3 aliphatic rings. The minimum Gasteiger partial charge on any atom is -0.335 e. The molecule has 1 aromatic rings. The first kappa shape index (κ1) is 17.0. The summed E-state index contributed by atoms with van der Waals surface area (Å²) in [4.78, 5) is 19.8. The molecule has 4 rings (SSSR count). The third-order valence-electron chi connectivity index (χ3n) is 6.28. The van der Waals surface area contributed by atoms with Gasteiger partial charge in [0, 0.05) is 37.3 Å². The van der Waals surface area contributed by atoms with E-state index in [1.54, 1.807) is 0 Å². The van der Waals surface area contributed by atoms with Crippen LogP contribution < -0.4 is 0 Å². The summed E-state index contributed by atoms with van der Waals surface area (Å²) >= 11 is 0. The molecular weight excluding hydrogens is 310 g/mol. The molecule has 0 spiro atoms. The second-order valence-corrected chi connectivity index (χ2v) is 8.13.